The van der Waals surface area contributed by atoms with Crippen LogP contribution in [0.1, 0.15) is 5.56 Å². The number of nitrogens with zero attached hydrogens (tertiary/aromatic N) is 2. The number of ether oxygens (including phenoxy) is 1. The lowest BCUT2D eigenvalue weighted by Gasteiger charge is -2.16. The van der Waals surface area contributed by atoms with Gasteiger partial charge < -0.3 is 10.1 Å². The molecule has 0 aliphatic carbocycles. The van der Waals surface area contributed by atoms with E-state index in [2.05, 4.69) is 15.2 Å². The molecule has 1 aliphatic heterocycles. The van der Waals surface area contributed by atoms with Crippen molar-refractivity contribution in [2.45, 2.75) is 12.0 Å². The van der Waals surface area contributed by atoms with E-state index in [4.69, 9.17) is 0 Å². The summed E-state index contributed by atoms with van der Waals surface area (Å²) in [7, 11) is 0. The summed E-state index contributed by atoms with van der Waals surface area (Å²) in [6.45, 7) is 0. The monoisotopic (exact) mass is 471 g/mol. The first-order chi connectivity index (χ1) is 16.2. The molecule has 1 aliphatic rings. The zero-order chi connectivity index (χ0) is 24.1. The van der Waals surface area contributed by atoms with Crippen LogP contribution in [0.25, 0.3) is 22.4 Å². The fourth-order valence-electron chi connectivity index (χ4n) is 3.65. The number of alkyl halides is 4. The van der Waals surface area contributed by atoms with Gasteiger partial charge in [0.1, 0.15) is 5.69 Å². The van der Waals surface area contributed by atoms with Crippen LogP contribution >= 0.6 is 0 Å². The van der Waals surface area contributed by atoms with Gasteiger partial charge in [-0.1, -0.05) is 60.7 Å². The van der Waals surface area contributed by atoms with Gasteiger partial charge in [0.05, 0.1) is 5.56 Å². The molecule has 2 heterocycles. The Balaban J connectivity index is 1.51. The van der Waals surface area contributed by atoms with E-state index in [0.29, 0.717) is 23.4 Å². The molecule has 0 unspecified atom stereocenters. The van der Waals surface area contributed by atoms with Gasteiger partial charge in [0.15, 0.2) is 11.6 Å². The fourth-order valence-corrected chi connectivity index (χ4v) is 3.65. The maximum atomic E-state index is 14.2. The van der Waals surface area contributed by atoms with Crippen LogP contribution in [0.5, 0.6) is 5.75 Å². The first-order valence-corrected chi connectivity index (χ1v) is 9.98. The second kappa shape index (κ2) is 7.68. The van der Waals surface area contributed by atoms with Crippen LogP contribution in [-0.2, 0) is 5.92 Å². The van der Waals surface area contributed by atoms with Crippen molar-refractivity contribution in [2.75, 3.05) is 5.32 Å². The summed E-state index contributed by atoms with van der Waals surface area (Å²) in [4.78, 5) is 12.8. The summed E-state index contributed by atoms with van der Waals surface area (Å²) in [5.41, 5.74) is 0.755. The number of nitrogens with one attached hydrogen (secondary N) is 1. The van der Waals surface area contributed by atoms with Crippen LogP contribution in [0.3, 0.4) is 0 Å². The van der Waals surface area contributed by atoms with Crippen molar-refractivity contribution in [3.8, 4) is 28.1 Å². The number of hydrogen-bond acceptors (Lipinski definition) is 3. The van der Waals surface area contributed by atoms with Crippen LogP contribution in [0.15, 0.2) is 79.0 Å². The molecule has 4 aromatic rings. The molecule has 1 amide bonds. The maximum Gasteiger partial charge on any atom is 0.469 e. The summed E-state index contributed by atoms with van der Waals surface area (Å²) < 4.78 is 73.9. The van der Waals surface area contributed by atoms with Gasteiger partial charge in [0.2, 0.25) is 0 Å². The Labute approximate surface area is 189 Å². The van der Waals surface area contributed by atoms with Gasteiger partial charge in [0, 0.05) is 29.1 Å². The lowest BCUT2D eigenvalue weighted by atomic mass is 10.0. The Morgan fingerprint density at radius 3 is 2.18 bits per heavy atom. The highest BCUT2D eigenvalue weighted by atomic mass is 19.3. The molecule has 0 spiro atoms. The Morgan fingerprint density at radius 1 is 0.912 bits per heavy atom. The summed E-state index contributed by atoms with van der Waals surface area (Å²) in [5.74, 6) is -7.48. The van der Waals surface area contributed by atoms with Gasteiger partial charge in [-0.2, -0.15) is 27.3 Å². The first kappa shape index (κ1) is 21.6. The van der Waals surface area contributed by atoms with Crippen molar-refractivity contribution < 1.29 is 31.5 Å². The first-order valence-electron chi connectivity index (χ1n) is 9.98. The summed E-state index contributed by atoms with van der Waals surface area (Å²) in [6, 6.07) is 18.4. The van der Waals surface area contributed by atoms with E-state index in [-0.39, 0.29) is 0 Å². The topological polar surface area (TPSA) is 56.1 Å². The molecule has 3 aromatic carbocycles. The van der Waals surface area contributed by atoms with E-state index in [0.717, 1.165) is 15.8 Å². The molecular weight excluding hydrogens is 457 g/mol. The minimum absolute atomic E-state index is 0.458. The number of halogens is 5. The minimum atomic E-state index is -4.91. The number of carbonyl (C=O) groups excluding carboxylic acids is 1. The molecule has 10 heteroatoms. The summed E-state index contributed by atoms with van der Waals surface area (Å²) in [5, 5.41) is 6.54. The molecule has 0 atom stereocenters. The zero-order valence-corrected chi connectivity index (χ0v) is 17.1. The number of anilines is 1. The molecule has 0 saturated carbocycles. The third kappa shape index (κ3) is 3.47. The van der Waals surface area contributed by atoms with E-state index in [9.17, 15) is 26.7 Å². The second-order valence-corrected chi connectivity index (χ2v) is 7.53. The van der Waals surface area contributed by atoms with Gasteiger partial charge >= 0.3 is 18.1 Å². The molecule has 5 nitrogen and oxygen atoms in total. The number of rotatable bonds is 3. The van der Waals surface area contributed by atoms with Crippen molar-refractivity contribution in [1.82, 2.24) is 9.78 Å². The van der Waals surface area contributed by atoms with Crippen molar-refractivity contribution in [3.05, 3.63) is 90.4 Å². The average Bonchev–Trinajstić information content (AvgIpc) is 3.34. The van der Waals surface area contributed by atoms with Crippen LogP contribution in [0.2, 0.25) is 0 Å². The van der Waals surface area contributed by atoms with Crippen molar-refractivity contribution in [3.63, 3.8) is 0 Å². The third-order valence-corrected chi connectivity index (χ3v) is 5.28. The zero-order valence-electron chi connectivity index (χ0n) is 17.1. The predicted molar refractivity (Wildman–Crippen MR) is 113 cm³/mol. The number of amides is 1. The van der Waals surface area contributed by atoms with Crippen LogP contribution < -0.4 is 10.1 Å². The second-order valence-electron chi connectivity index (χ2n) is 7.53. The Morgan fingerprint density at radius 2 is 1.53 bits per heavy atom. The smallest absolute Gasteiger partial charge is 0.424 e. The standard InChI is InChI=1S/C24H14F5N3O2/c25-19-12-16(11-18-21(19)34-24(28,29)23(18,26)27)30-22(33)32-13-17(14-7-3-1-4-8-14)20(31-32)15-9-5-2-6-10-15/h1-13H,(H,30,33). The van der Waals surface area contributed by atoms with Gasteiger partial charge in [-0.3, -0.25) is 0 Å². The van der Waals surface area contributed by atoms with Crippen molar-refractivity contribution in [1.29, 1.82) is 0 Å². The Kier molecular flexibility index (Phi) is 4.89. The average molecular weight is 471 g/mol. The summed E-state index contributed by atoms with van der Waals surface area (Å²) in [6.07, 6.45) is -3.47. The number of benzene rings is 3. The van der Waals surface area contributed by atoms with E-state index in [1.165, 1.54) is 6.20 Å². The molecule has 1 N–H and O–H groups in total. The molecule has 0 saturated heterocycles. The molecule has 1 aromatic heterocycles. The van der Waals surface area contributed by atoms with Crippen LogP contribution in [0, 0.1) is 5.82 Å². The van der Waals surface area contributed by atoms with Gasteiger partial charge in [-0.25, -0.2) is 9.18 Å². The van der Waals surface area contributed by atoms with E-state index >= 15 is 0 Å². The molecule has 0 radical (unpaired) electrons. The normalized spacial score (nSPS) is 15.4. The van der Waals surface area contributed by atoms with Crippen molar-refractivity contribution in [2.24, 2.45) is 0 Å². The molecule has 0 fully saturated rings. The molecule has 34 heavy (non-hydrogen) atoms. The van der Waals surface area contributed by atoms with Crippen molar-refractivity contribution >= 4 is 11.7 Å². The quantitative estimate of drug-likeness (QED) is 0.347. The lowest BCUT2D eigenvalue weighted by Crippen LogP contribution is -2.37. The molecular formula is C24H14F5N3O2. The Bertz CT molecular complexity index is 1330. The van der Waals surface area contributed by atoms with E-state index in [1.807, 2.05) is 36.4 Å². The number of carbonyl (C=O) groups is 1. The van der Waals surface area contributed by atoms with E-state index < -0.39 is 40.9 Å². The number of aromatic nitrogens is 2. The Hall–Kier alpha value is -4.21. The number of hydrogen-bond donors (Lipinski definition) is 1. The molecule has 172 valence electrons. The van der Waals surface area contributed by atoms with Crippen LogP contribution in [0.4, 0.5) is 32.4 Å². The van der Waals surface area contributed by atoms with E-state index in [1.54, 1.807) is 24.3 Å². The summed E-state index contributed by atoms with van der Waals surface area (Å²) >= 11 is 0. The lowest BCUT2D eigenvalue weighted by molar-refractivity contribution is -0.296. The highest BCUT2D eigenvalue weighted by molar-refractivity contribution is 5.93. The predicted octanol–water partition coefficient (Wildman–Crippen LogP) is 6.51. The molecule has 5 rings (SSSR count). The van der Waals surface area contributed by atoms with Gasteiger partial charge in [-0.15, -0.1) is 0 Å². The highest BCUT2D eigenvalue weighted by Crippen LogP contribution is 2.54. The fraction of sp³-hybridized carbons (Fsp3) is 0.0833. The van der Waals surface area contributed by atoms with Gasteiger partial charge in [0.25, 0.3) is 0 Å². The minimum Gasteiger partial charge on any atom is -0.424 e. The molecule has 0 bridgehead atoms. The SMILES string of the molecule is O=C(Nc1cc(F)c2c(c1)C(F)(F)C(F)(F)O2)n1cc(-c2ccccc2)c(-c2ccccc2)n1. The largest absolute Gasteiger partial charge is 0.469 e. The van der Waals surface area contributed by atoms with Crippen LogP contribution in [-0.4, -0.2) is 21.9 Å². The van der Waals surface area contributed by atoms with Gasteiger partial charge in [-0.05, 0) is 11.6 Å². The third-order valence-electron chi connectivity index (χ3n) is 5.28. The highest BCUT2D eigenvalue weighted by Gasteiger charge is 2.67. The number of fused-ring (bicyclic) bond motifs is 1. The maximum absolute atomic E-state index is 14.2.